The van der Waals surface area contributed by atoms with E-state index in [0.717, 1.165) is 28.6 Å². The van der Waals surface area contributed by atoms with Crippen LogP contribution in [0.1, 0.15) is 41.2 Å². The molecule has 244 valence electrons. The van der Waals surface area contributed by atoms with Crippen LogP contribution in [0.25, 0.3) is 0 Å². The van der Waals surface area contributed by atoms with E-state index in [1.54, 1.807) is 13.8 Å². The number of anilines is 2. The number of sulfonamides is 1. The van der Waals surface area contributed by atoms with Gasteiger partial charge in [0.2, 0.25) is 10.0 Å². The van der Waals surface area contributed by atoms with Crippen molar-refractivity contribution in [3.8, 4) is 5.75 Å². The summed E-state index contributed by atoms with van der Waals surface area (Å²) in [7, 11) is -2.61. The van der Waals surface area contributed by atoms with Gasteiger partial charge in [-0.3, -0.25) is 4.79 Å². The summed E-state index contributed by atoms with van der Waals surface area (Å²) in [6, 6.07) is 6.81. The van der Waals surface area contributed by atoms with Crippen LogP contribution in [0.3, 0.4) is 0 Å². The average molecular weight is 654 g/mol. The Labute approximate surface area is 258 Å². The van der Waals surface area contributed by atoms with Crippen LogP contribution >= 0.6 is 0 Å². The lowest BCUT2D eigenvalue weighted by Gasteiger charge is -2.38. The molecule has 0 saturated heterocycles. The molecule has 1 aromatic heterocycles. The lowest BCUT2D eigenvalue weighted by molar-refractivity contribution is -0.137. The first kappa shape index (κ1) is 33.7. The number of aliphatic hydroxyl groups is 1. The number of urea groups is 1. The number of aryl methyl sites for hydroxylation is 2. The fourth-order valence-corrected chi connectivity index (χ4v) is 6.37. The van der Waals surface area contributed by atoms with Crippen LogP contribution in [0.15, 0.2) is 51.9 Å². The van der Waals surface area contributed by atoms with Gasteiger partial charge in [-0.25, -0.2) is 13.2 Å². The third-order valence-corrected chi connectivity index (χ3v) is 9.53. The van der Waals surface area contributed by atoms with Crippen molar-refractivity contribution in [3.63, 3.8) is 0 Å². The van der Waals surface area contributed by atoms with E-state index in [4.69, 9.17) is 9.26 Å². The Balaban J connectivity index is 1.59. The van der Waals surface area contributed by atoms with Gasteiger partial charge in [0.15, 0.2) is 5.76 Å². The highest BCUT2D eigenvalue weighted by Gasteiger charge is 2.37. The molecule has 0 fully saturated rings. The molecule has 3 aromatic rings. The minimum absolute atomic E-state index is 0.0418. The molecule has 3 atom stereocenters. The molecule has 4 rings (SSSR count). The smallest absolute Gasteiger partial charge is 0.416 e. The monoisotopic (exact) mass is 653 g/mol. The summed E-state index contributed by atoms with van der Waals surface area (Å²) in [6.07, 6.45) is -5.26. The second-order valence-electron chi connectivity index (χ2n) is 10.9. The number of aliphatic hydroxyl groups excluding tert-OH is 1. The Kier molecular flexibility index (Phi) is 9.80. The van der Waals surface area contributed by atoms with E-state index < -0.39 is 45.8 Å². The van der Waals surface area contributed by atoms with Crippen molar-refractivity contribution >= 4 is 33.3 Å². The van der Waals surface area contributed by atoms with E-state index in [1.807, 2.05) is 0 Å². The number of hydrogen-bond acceptors (Lipinski definition) is 8. The van der Waals surface area contributed by atoms with Gasteiger partial charge in [-0.15, -0.1) is 0 Å². The largest absolute Gasteiger partial charge is 0.488 e. The minimum atomic E-state index is -4.52. The van der Waals surface area contributed by atoms with E-state index in [1.165, 1.54) is 44.0 Å². The zero-order valence-corrected chi connectivity index (χ0v) is 26.0. The van der Waals surface area contributed by atoms with Gasteiger partial charge < -0.3 is 29.9 Å². The Morgan fingerprint density at radius 2 is 1.78 bits per heavy atom. The van der Waals surface area contributed by atoms with Crippen LogP contribution in [-0.2, 0) is 16.2 Å². The van der Waals surface area contributed by atoms with Crippen molar-refractivity contribution in [1.29, 1.82) is 0 Å². The predicted octanol–water partition coefficient (Wildman–Crippen LogP) is 4.50. The summed E-state index contributed by atoms with van der Waals surface area (Å²) in [5.41, 5.74) is -0.310. The van der Waals surface area contributed by atoms with E-state index >= 15 is 0 Å². The molecule has 3 amide bonds. The molecule has 45 heavy (non-hydrogen) atoms. The zero-order valence-electron chi connectivity index (χ0n) is 25.2. The molecule has 0 saturated carbocycles. The Bertz CT molecular complexity index is 1640. The number of carbonyl (C=O) groups excluding carboxylic acids is 2. The van der Waals surface area contributed by atoms with Crippen molar-refractivity contribution in [2.24, 2.45) is 5.92 Å². The third kappa shape index (κ3) is 7.40. The van der Waals surface area contributed by atoms with Gasteiger partial charge >= 0.3 is 12.2 Å². The van der Waals surface area contributed by atoms with Gasteiger partial charge in [-0.1, -0.05) is 12.1 Å². The highest BCUT2D eigenvalue weighted by molar-refractivity contribution is 7.89. The summed E-state index contributed by atoms with van der Waals surface area (Å²) < 4.78 is 77.8. The van der Waals surface area contributed by atoms with Crippen LogP contribution in [0.2, 0.25) is 0 Å². The molecule has 12 nitrogen and oxygen atoms in total. The van der Waals surface area contributed by atoms with Gasteiger partial charge in [0.05, 0.1) is 30.3 Å². The molecule has 0 unspecified atom stereocenters. The lowest BCUT2D eigenvalue weighted by Crippen LogP contribution is -2.50. The van der Waals surface area contributed by atoms with Gasteiger partial charge in [0.1, 0.15) is 22.4 Å². The van der Waals surface area contributed by atoms with Crippen molar-refractivity contribution in [2.45, 2.75) is 50.9 Å². The Morgan fingerprint density at radius 1 is 1.16 bits per heavy atom. The molecule has 0 radical (unpaired) electrons. The number of amides is 3. The molecule has 16 heteroatoms. The molecule has 1 aliphatic heterocycles. The summed E-state index contributed by atoms with van der Waals surface area (Å²) in [5.74, 6) is -0.595. The number of nitrogens with one attached hydrogen (secondary N) is 2. The Hall–Kier alpha value is -4.15. The minimum Gasteiger partial charge on any atom is -0.488 e. The molecule has 3 N–H and O–H groups in total. The number of hydrogen-bond donors (Lipinski definition) is 3. The van der Waals surface area contributed by atoms with E-state index in [0.29, 0.717) is 0 Å². The second-order valence-corrected chi connectivity index (χ2v) is 12.9. The molecular weight excluding hydrogens is 619 g/mol. The van der Waals surface area contributed by atoms with Crippen molar-refractivity contribution < 1.29 is 45.5 Å². The van der Waals surface area contributed by atoms with E-state index in [9.17, 15) is 36.3 Å². The maximum Gasteiger partial charge on any atom is 0.416 e. The van der Waals surface area contributed by atoms with Gasteiger partial charge in [0, 0.05) is 30.9 Å². The lowest BCUT2D eigenvalue weighted by atomic mass is 9.99. The first-order chi connectivity index (χ1) is 21.0. The van der Waals surface area contributed by atoms with Gasteiger partial charge in [0.25, 0.3) is 5.91 Å². The number of halogens is 3. The number of nitrogens with zero attached hydrogens (tertiary/aromatic N) is 3. The summed E-state index contributed by atoms with van der Waals surface area (Å²) in [6.45, 7) is 6.17. The summed E-state index contributed by atoms with van der Waals surface area (Å²) in [5, 5.41) is 18.6. The van der Waals surface area contributed by atoms with Crippen LogP contribution in [0.5, 0.6) is 5.75 Å². The zero-order chi connectivity index (χ0) is 33.3. The third-order valence-electron chi connectivity index (χ3n) is 7.47. The maximum atomic E-state index is 13.7. The Morgan fingerprint density at radius 3 is 2.36 bits per heavy atom. The highest BCUT2D eigenvalue weighted by atomic mass is 32.2. The number of likely N-dealkylation sites (N-methyl/N-ethyl adjacent to an activating group) is 1. The number of rotatable bonds is 8. The average Bonchev–Trinajstić information content (AvgIpc) is 3.32. The maximum absolute atomic E-state index is 13.7. The SMILES string of the molecule is Cc1noc(C)c1S(=O)(=O)N(C)C[C@H]1Oc2ccc(NC(=O)Nc3ccc(C(F)(F)F)cc3)cc2C(=O)N([C@H](C)CO)C[C@@H]1C. The summed E-state index contributed by atoms with van der Waals surface area (Å²) in [4.78, 5) is 27.7. The van der Waals surface area contributed by atoms with Crippen LogP contribution in [0, 0.1) is 19.8 Å². The molecule has 2 aromatic carbocycles. The van der Waals surface area contributed by atoms with Crippen molar-refractivity contribution in [1.82, 2.24) is 14.4 Å². The van der Waals surface area contributed by atoms with Crippen LogP contribution in [0.4, 0.5) is 29.3 Å². The first-order valence-corrected chi connectivity index (χ1v) is 15.3. The van der Waals surface area contributed by atoms with Crippen molar-refractivity contribution in [3.05, 3.63) is 65.0 Å². The van der Waals surface area contributed by atoms with Crippen LogP contribution in [-0.4, -0.2) is 78.7 Å². The predicted molar refractivity (Wildman–Crippen MR) is 157 cm³/mol. The van der Waals surface area contributed by atoms with Crippen molar-refractivity contribution in [2.75, 3.05) is 37.4 Å². The molecule has 0 bridgehead atoms. The molecule has 0 aliphatic carbocycles. The highest BCUT2D eigenvalue weighted by Crippen LogP contribution is 2.32. The molecular formula is C29H34F3N5O7S. The standard InChI is InChI=1S/C29H34F3N5O7S/c1-16-13-37(17(2)15-38)27(39)23-12-22(34-28(40)33-21-8-6-20(7-9-21)29(30,31)32)10-11-24(23)43-25(16)14-36(5)45(41,42)26-18(3)35-44-19(26)4/h6-12,16-17,25,38H,13-15H2,1-5H3,(H2,33,34,40)/t16-,17+,25+/m0/s1. The number of aromatic nitrogens is 1. The van der Waals surface area contributed by atoms with Gasteiger partial charge in [-0.05, 0) is 63.2 Å². The molecule has 2 heterocycles. The summed E-state index contributed by atoms with van der Waals surface area (Å²) >= 11 is 0. The normalized spacial score (nSPS) is 18.1. The number of benzene rings is 2. The number of fused-ring (bicyclic) bond motifs is 1. The molecule has 0 spiro atoms. The van der Waals surface area contributed by atoms with Crippen LogP contribution < -0.4 is 15.4 Å². The fourth-order valence-electron chi connectivity index (χ4n) is 4.90. The number of ether oxygens (including phenoxy) is 1. The number of carbonyl (C=O) groups is 2. The number of alkyl halides is 3. The van der Waals surface area contributed by atoms with Gasteiger partial charge in [-0.2, -0.15) is 17.5 Å². The fraction of sp³-hybridized carbons (Fsp3) is 0.414. The van der Waals surface area contributed by atoms with E-state index in [-0.39, 0.29) is 64.7 Å². The molecule has 1 aliphatic rings. The second kappa shape index (κ2) is 13.1. The topological polar surface area (TPSA) is 154 Å². The first-order valence-electron chi connectivity index (χ1n) is 13.9. The quantitative estimate of drug-likeness (QED) is 0.321. The van der Waals surface area contributed by atoms with E-state index in [2.05, 4.69) is 15.8 Å².